The Labute approximate surface area is 135 Å². The Morgan fingerprint density at radius 1 is 1.33 bits per heavy atom. The number of hydrogen-bond donors (Lipinski definition) is 2. The molecule has 1 atom stereocenters. The second-order valence-electron chi connectivity index (χ2n) is 5.37. The predicted molar refractivity (Wildman–Crippen MR) is 78.4 cm³/mol. The van der Waals surface area contributed by atoms with Crippen LogP contribution >= 0.6 is 0 Å². The highest BCUT2D eigenvalue weighted by Crippen LogP contribution is 2.31. The average molecular weight is 361 g/mol. The van der Waals surface area contributed by atoms with E-state index in [-0.39, 0.29) is 22.6 Å². The highest BCUT2D eigenvalue weighted by molar-refractivity contribution is 7.89. The Bertz CT molecular complexity index is 852. The molecule has 0 saturated heterocycles. The Morgan fingerprint density at radius 3 is 2.75 bits per heavy atom. The minimum Gasteiger partial charge on any atom is -0.442 e. The first-order valence-electron chi connectivity index (χ1n) is 7.17. The van der Waals surface area contributed by atoms with E-state index in [2.05, 4.69) is 9.82 Å². The summed E-state index contributed by atoms with van der Waals surface area (Å²) in [5, 5.41) is 4.98. The van der Waals surface area contributed by atoms with E-state index in [0.717, 1.165) is 18.9 Å². The van der Waals surface area contributed by atoms with Gasteiger partial charge in [0.2, 0.25) is 5.09 Å². The zero-order chi connectivity index (χ0) is 17.4. The number of nitrogens with one attached hydrogen (secondary N) is 2. The number of allylic oxidation sites excluding steroid dienone is 1. The van der Waals surface area contributed by atoms with E-state index in [4.69, 9.17) is 4.42 Å². The van der Waals surface area contributed by atoms with Gasteiger partial charge in [-0.3, -0.25) is 5.10 Å². The highest BCUT2D eigenvalue weighted by atomic mass is 32.2. The van der Waals surface area contributed by atoms with Gasteiger partial charge in [-0.1, -0.05) is 12.2 Å². The molecule has 1 aliphatic carbocycles. The number of alkyl halides is 3. The van der Waals surface area contributed by atoms with Crippen LogP contribution in [0, 0.1) is 0 Å². The van der Waals surface area contributed by atoms with Gasteiger partial charge >= 0.3 is 6.18 Å². The van der Waals surface area contributed by atoms with Crippen LogP contribution in [-0.2, 0) is 16.2 Å². The zero-order valence-electron chi connectivity index (χ0n) is 12.3. The van der Waals surface area contributed by atoms with Crippen molar-refractivity contribution in [3.63, 3.8) is 0 Å². The lowest BCUT2D eigenvalue weighted by atomic mass is 10.0. The molecule has 3 rings (SSSR count). The van der Waals surface area contributed by atoms with Gasteiger partial charge in [-0.2, -0.15) is 18.3 Å². The fraction of sp³-hybridized carbons (Fsp3) is 0.357. The molecule has 1 aliphatic rings. The molecule has 0 aromatic carbocycles. The van der Waals surface area contributed by atoms with Gasteiger partial charge < -0.3 is 4.42 Å². The van der Waals surface area contributed by atoms with Crippen LogP contribution in [0.1, 0.15) is 25.0 Å². The van der Waals surface area contributed by atoms with Gasteiger partial charge in [0.05, 0.1) is 0 Å². The van der Waals surface area contributed by atoms with Crippen LogP contribution < -0.4 is 4.72 Å². The monoisotopic (exact) mass is 361 g/mol. The molecule has 2 aromatic rings. The van der Waals surface area contributed by atoms with E-state index in [9.17, 15) is 21.6 Å². The van der Waals surface area contributed by atoms with Gasteiger partial charge in [-0.15, -0.1) is 0 Å². The number of furan rings is 1. The number of aromatic nitrogens is 2. The molecule has 2 heterocycles. The fourth-order valence-electron chi connectivity index (χ4n) is 2.36. The molecule has 10 heteroatoms. The Morgan fingerprint density at radius 2 is 2.12 bits per heavy atom. The van der Waals surface area contributed by atoms with Crippen LogP contribution in [0.15, 0.2) is 39.9 Å². The van der Waals surface area contributed by atoms with Crippen molar-refractivity contribution >= 4 is 10.0 Å². The lowest BCUT2D eigenvalue weighted by Gasteiger charge is -2.16. The molecule has 0 saturated carbocycles. The number of nitrogens with zero attached hydrogens (tertiary/aromatic N) is 1. The van der Waals surface area contributed by atoms with Crippen LogP contribution in [-0.4, -0.2) is 24.7 Å². The zero-order valence-corrected chi connectivity index (χ0v) is 13.1. The molecule has 0 spiro atoms. The standard InChI is InChI=1S/C14H14F3N3O3S/c15-14(16,17)12-8-10(18-19-12)11-6-7-13(23-11)24(21,22)20-9-4-2-1-3-5-9/h2,4,6-9,20H,1,3,5H2,(H,18,19). The van der Waals surface area contributed by atoms with Crippen LogP contribution in [0.4, 0.5) is 13.2 Å². The van der Waals surface area contributed by atoms with Gasteiger partial charge in [0, 0.05) is 6.04 Å². The number of H-pyrrole nitrogens is 1. The van der Waals surface area contributed by atoms with Crippen molar-refractivity contribution in [2.75, 3.05) is 0 Å². The van der Waals surface area contributed by atoms with Gasteiger partial charge in [0.25, 0.3) is 10.0 Å². The summed E-state index contributed by atoms with van der Waals surface area (Å²) < 4.78 is 69.9. The number of aromatic amines is 1. The second kappa shape index (κ2) is 6.10. The quantitative estimate of drug-likeness (QED) is 0.819. The molecule has 0 aliphatic heterocycles. The van der Waals surface area contributed by atoms with E-state index in [1.807, 2.05) is 11.2 Å². The SMILES string of the molecule is O=S(=O)(NC1C=CCCC1)c1ccc(-c2cc(C(F)(F)F)[nH]n2)o1. The molecule has 6 nitrogen and oxygen atoms in total. The normalized spacial score (nSPS) is 18.9. The summed E-state index contributed by atoms with van der Waals surface area (Å²) in [4.78, 5) is 0. The summed E-state index contributed by atoms with van der Waals surface area (Å²) >= 11 is 0. The van der Waals surface area contributed by atoms with E-state index in [0.29, 0.717) is 6.42 Å². The van der Waals surface area contributed by atoms with E-state index in [1.165, 1.54) is 12.1 Å². The fourth-order valence-corrected chi connectivity index (χ4v) is 3.52. The third-order valence-electron chi connectivity index (χ3n) is 3.54. The molecule has 2 aromatic heterocycles. The minimum atomic E-state index is -4.57. The molecular weight excluding hydrogens is 347 g/mol. The molecule has 0 fully saturated rings. The first-order chi connectivity index (χ1) is 11.3. The number of halogens is 3. The van der Waals surface area contributed by atoms with Crippen molar-refractivity contribution in [3.05, 3.63) is 36.0 Å². The van der Waals surface area contributed by atoms with Gasteiger partial charge in [0.15, 0.2) is 5.76 Å². The van der Waals surface area contributed by atoms with Crippen molar-refractivity contribution in [3.8, 4) is 11.5 Å². The lowest BCUT2D eigenvalue weighted by molar-refractivity contribution is -0.141. The van der Waals surface area contributed by atoms with Crippen LogP contribution in [0.5, 0.6) is 0 Å². The van der Waals surface area contributed by atoms with E-state index >= 15 is 0 Å². The minimum absolute atomic E-state index is 0.0682. The molecule has 0 bridgehead atoms. The predicted octanol–water partition coefficient (Wildman–Crippen LogP) is 3.08. The average Bonchev–Trinajstić information content (AvgIpc) is 3.17. The summed E-state index contributed by atoms with van der Waals surface area (Å²) in [7, 11) is -3.90. The van der Waals surface area contributed by atoms with Crippen molar-refractivity contribution in [1.82, 2.24) is 14.9 Å². The van der Waals surface area contributed by atoms with Crippen LogP contribution in [0.25, 0.3) is 11.5 Å². The summed E-state index contributed by atoms with van der Waals surface area (Å²) in [5.41, 5.74) is -1.16. The van der Waals surface area contributed by atoms with Crippen LogP contribution in [0.3, 0.4) is 0 Å². The Balaban J connectivity index is 1.80. The third-order valence-corrected chi connectivity index (χ3v) is 4.90. The largest absolute Gasteiger partial charge is 0.442 e. The maximum absolute atomic E-state index is 12.6. The Hall–Kier alpha value is -2.07. The van der Waals surface area contributed by atoms with Crippen LogP contribution in [0.2, 0.25) is 0 Å². The lowest BCUT2D eigenvalue weighted by Crippen LogP contribution is -2.34. The summed E-state index contributed by atoms with van der Waals surface area (Å²) in [6, 6.07) is 2.89. The Kier molecular flexibility index (Phi) is 4.26. The number of sulfonamides is 1. The first kappa shape index (κ1) is 16.8. The van der Waals surface area contributed by atoms with Crippen molar-refractivity contribution in [2.45, 2.75) is 36.6 Å². The summed E-state index contributed by atoms with van der Waals surface area (Å²) in [5.74, 6) is -0.0682. The molecule has 2 N–H and O–H groups in total. The van der Waals surface area contributed by atoms with E-state index < -0.39 is 21.9 Å². The van der Waals surface area contributed by atoms with Crippen molar-refractivity contribution < 1.29 is 26.0 Å². The molecular formula is C14H14F3N3O3S. The smallest absolute Gasteiger partial charge is 0.432 e. The number of hydrogen-bond acceptors (Lipinski definition) is 4. The highest BCUT2D eigenvalue weighted by Gasteiger charge is 2.33. The maximum Gasteiger partial charge on any atom is 0.432 e. The summed E-state index contributed by atoms with van der Waals surface area (Å²) in [6.45, 7) is 0. The van der Waals surface area contributed by atoms with E-state index in [1.54, 1.807) is 6.08 Å². The first-order valence-corrected chi connectivity index (χ1v) is 8.66. The molecule has 1 unspecified atom stereocenters. The van der Waals surface area contributed by atoms with Crippen molar-refractivity contribution in [2.24, 2.45) is 0 Å². The van der Waals surface area contributed by atoms with Gasteiger partial charge in [-0.05, 0) is 37.5 Å². The maximum atomic E-state index is 12.6. The van der Waals surface area contributed by atoms with Gasteiger partial charge in [-0.25, -0.2) is 13.1 Å². The molecule has 24 heavy (non-hydrogen) atoms. The third kappa shape index (κ3) is 3.54. The van der Waals surface area contributed by atoms with Gasteiger partial charge in [0.1, 0.15) is 11.4 Å². The molecule has 0 amide bonds. The molecule has 0 radical (unpaired) electrons. The summed E-state index contributed by atoms with van der Waals surface area (Å²) in [6.07, 6.45) is 1.56. The topological polar surface area (TPSA) is 88.0 Å². The number of rotatable bonds is 4. The van der Waals surface area contributed by atoms with Crippen molar-refractivity contribution in [1.29, 1.82) is 0 Å². The molecule has 130 valence electrons. The second-order valence-corrected chi connectivity index (χ2v) is 7.02.